The van der Waals surface area contributed by atoms with E-state index in [0.29, 0.717) is 5.54 Å². The molecule has 2 aliphatic rings. The fourth-order valence-electron chi connectivity index (χ4n) is 2.54. The molecule has 1 aliphatic carbocycles. The van der Waals surface area contributed by atoms with E-state index >= 15 is 0 Å². The maximum atomic E-state index is 6.22. The van der Waals surface area contributed by atoms with E-state index in [4.69, 9.17) is 11.6 Å². The van der Waals surface area contributed by atoms with Gasteiger partial charge < -0.3 is 10.6 Å². The highest BCUT2D eigenvalue weighted by Gasteiger charge is 2.38. The zero-order valence-electron chi connectivity index (χ0n) is 8.65. The quantitative estimate of drug-likeness (QED) is 0.702. The van der Waals surface area contributed by atoms with Crippen molar-refractivity contribution in [1.82, 2.24) is 0 Å². The number of halogens is 1. The van der Waals surface area contributed by atoms with Crippen LogP contribution in [0.2, 0.25) is 5.02 Å². The summed E-state index contributed by atoms with van der Waals surface area (Å²) in [6.45, 7) is 1.04. The Morgan fingerprint density at radius 1 is 1.20 bits per heavy atom. The van der Waals surface area contributed by atoms with Gasteiger partial charge in [-0.25, -0.2) is 0 Å². The van der Waals surface area contributed by atoms with E-state index < -0.39 is 0 Å². The van der Waals surface area contributed by atoms with Crippen LogP contribution in [0.5, 0.6) is 0 Å². The normalized spacial score (nSPS) is 21.9. The minimum atomic E-state index is 0.323. The first kappa shape index (κ1) is 9.34. The first-order valence-corrected chi connectivity index (χ1v) is 5.98. The third kappa shape index (κ3) is 1.48. The number of anilines is 2. The van der Waals surface area contributed by atoms with Crippen LogP contribution >= 0.6 is 11.6 Å². The Morgan fingerprint density at radius 2 is 2.07 bits per heavy atom. The molecule has 3 heteroatoms. The standard InChI is InChI=1S/C12H15ClN2/c13-9-3-1-4-10-11(9)15-12(5-2-6-12)7-8-14-10/h1,3-4,14-15H,2,5-8H2. The van der Waals surface area contributed by atoms with Gasteiger partial charge in [0.15, 0.2) is 0 Å². The predicted molar refractivity (Wildman–Crippen MR) is 64.8 cm³/mol. The van der Waals surface area contributed by atoms with E-state index in [9.17, 15) is 0 Å². The van der Waals surface area contributed by atoms with Crippen LogP contribution in [0.15, 0.2) is 18.2 Å². The second kappa shape index (κ2) is 3.31. The average Bonchev–Trinajstić information content (AvgIpc) is 2.37. The van der Waals surface area contributed by atoms with Crippen molar-refractivity contribution < 1.29 is 0 Å². The van der Waals surface area contributed by atoms with Gasteiger partial charge in [0.05, 0.1) is 16.4 Å². The van der Waals surface area contributed by atoms with Gasteiger partial charge in [0.2, 0.25) is 0 Å². The third-order valence-corrected chi connectivity index (χ3v) is 3.95. The van der Waals surface area contributed by atoms with E-state index in [-0.39, 0.29) is 0 Å². The van der Waals surface area contributed by atoms with Crippen LogP contribution < -0.4 is 10.6 Å². The highest BCUT2D eigenvalue weighted by atomic mass is 35.5. The third-order valence-electron chi connectivity index (χ3n) is 3.63. The molecule has 0 atom stereocenters. The molecular weight excluding hydrogens is 208 g/mol. The highest BCUT2D eigenvalue weighted by molar-refractivity contribution is 6.34. The van der Waals surface area contributed by atoms with Crippen molar-refractivity contribution in [2.24, 2.45) is 0 Å². The lowest BCUT2D eigenvalue weighted by atomic mass is 9.74. The Bertz CT molecular complexity index is 385. The molecule has 1 saturated carbocycles. The summed E-state index contributed by atoms with van der Waals surface area (Å²) in [6, 6.07) is 6.03. The lowest BCUT2D eigenvalue weighted by molar-refractivity contribution is 0.268. The second-order valence-corrected chi connectivity index (χ2v) is 5.01. The molecule has 0 aromatic heterocycles. The fraction of sp³-hybridized carbons (Fsp3) is 0.500. The number of fused-ring (bicyclic) bond motifs is 1. The maximum Gasteiger partial charge on any atom is 0.0769 e. The van der Waals surface area contributed by atoms with Gasteiger partial charge in [-0.3, -0.25) is 0 Å². The SMILES string of the molecule is Clc1cccc2c1NC1(CCC1)CCN2. The number of hydrogen-bond acceptors (Lipinski definition) is 2. The molecule has 1 fully saturated rings. The van der Waals surface area contributed by atoms with E-state index in [1.807, 2.05) is 12.1 Å². The van der Waals surface area contributed by atoms with E-state index in [1.54, 1.807) is 0 Å². The van der Waals surface area contributed by atoms with Crippen LogP contribution in [0.4, 0.5) is 11.4 Å². The molecule has 0 radical (unpaired) electrons. The van der Waals surface area contributed by atoms with Gasteiger partial charge in [-0.2, -0.15) is 0 Å². The molecule has 1 heterocycles. The molecule has 3 rings (SSSR count). The first-order chi connectivity index (χ1) is 7.29. The van der Waals surface area contributed by atoms with Crippen molar-refractivity contribution in [3.05, 3.63) is 23.2 Å². The van der Waals surface area contributed by atoms with Crippen LogP contribution in [-0.4, -0.2) is 12.1 Å². The van der Waals surface area contributed by atoms with Crippen molar-refractivity contribution in [2.75, 3.05) is 17.2 Å². The van der Waals surface area contributed by atoms with Gasteiger partial charge in [-0.1, -0.05) is 17.7 Å². The molecule has 1 spiro atoms. The topological polar surface area (TPSA) is 24.1 Å². The number of rotatable bonds is 0. The highest BCUT2D eigenvalue weighted by Crippen LogP contribution is 2.43. The summed E-state index contributed by atoms with van der Waals surface area (Å²) in [7, 11) is 0. The molecule has 2 nitrogen and oxygen atoms in total. The number of benzene rings is 1. The van der Waals surface area contributed by atoms with Crippen molar-refractivity contribution >= 4 is 23.0 Å². The summed E-state index contributed by atoms with van der Waals surface area (Å²) in [5.41, 5.74) is 2.56. The fourth-order valence-corrected chi connectivity index (χ4v) is 2.76. The van der Waals surface area contributed by atoms with E-state index in [2.05, 4.69) is 16.7 Å². The molecule has 1 aromatic carbocycles. The Kier molecular flexibility index (Phi) is 2.06. The van der Waals surface area contributed by atoms with Crippen LogP contribution in [0.3, 0.4) is 0 Å². The molecular formula is C12H15ClN2. The smallest absolute Gasteiger partial charge is 0.0769 e. The van der Waals surface area contributed by atoms with E-state index in [1.165, 1.54) is 25.7 Å². The van der Waals surface area contributed by atoms with Gasteiger partial charge in [0.25, 0.3) is 0 Å². The van der Waals surface area contributed by atoms with Crippen molar-refractivity contribution in [3.63, 3.8) is 0 Å². The van der Waals surface area contributed by atoms with Crippen LogP contribution in [0.1, 0.15) is 25.7 Å². The molecule has 0 amide bonds. The largest absolute Gasteiger partial charge is 0.383 e. The monoisotopic (exact) mass is 222 g/mol. The Labute approximate surface area is 95.0 Å². The number of hydrogen-bond donors (Lipinski definition) is 2. The molecule has 2 N–H and O–H groups in total. The maximum absolute atomic E-state index is 6.22. The van der Waals surface area contributed by atoms with Crippen LogP contribution in [-0.2, 0) is 0 Å². The molecule has 0 unspecified atom stereocenters. The van der Waals surface area contributed by atoms with Gasteiger partial charge in [-0.05, 0) is 37.8 Å². The summed E-state index contributed by atoms with van der Waals surface area (Å²) in [6.07, 6.45) is 5.09. The van der Waals surface area contributed by atoms with Gasteiger partial charge in [0.1, 0.15) is 0 Å². The Morgan fingerprint density at radius 3 is 2.80 bits per heavy atom. The first-order valence-electron chi connectivity index (χ1n) is 5.60. The molecule has 0 saturated heterocycles. The molecule has 1 aromatic rings. The van der Waals surface area contributed by atoms with Gasteiger partial charge in [0, 0.05) is 12.1 Å². The summed E-state index contributed by atoms with van der Waals surface area (Å²) in [5.74, 6) is 0. The predicted octanol–water partition coefficient (Wildman–Crippen LogP) is 3.49. The lowest BCUT2D eigenvalue weighted by Crippen LogP contribution is -2.45. The van der Waals surface area contributed by atoms with Gasteiger partial charge in [-0.15, -0.1) is 0 Å². The second-order valence-electron chi connectivity index (χ2n) is 4.60. The van der Waals surface area contributed by atoms with Crippen LogP contribution in [0.25, 0.3) is 0 Å². The minimum Gasteiger partial charge on any atom is -0.383 e. The zero-order chi connectivity index (χ0) is 10.3. The van der Waals surface area contributed by atoms with Gasteiger partial charge >= 0.3 is 0 Å². The average molecular weight is 223 g/mol. The molecule has 1 aliphatic heterocycles. The minimum absolute atomic E-state index is 0.323. The Balaban J connectivity index is 2.00. The molecule has 80 valence electrons. The summed E-state index contributed by atoms with van der Waals surface area (Å²) in [4.78, 5) is 0. The zero-order valence-corrected chi connectivity index (χ0v) is 9.40. The lowest BCUT2D eigenvalue weighted by Gasteiger charge is -2.42. The summed E-state index contributed by atoms with van der Waals surface area (Å²) in [5, 5.41) is 7.92. The van der Waals surface area contributed by atoms with Crippen molar-refractivity contribution in [2.45, 2.75) is 31.2 Å². The molecule has 15 heavy (non-hydrogen) atoms. The summed E-state index contributed by atoms with van der Waals surface area (Å²) < 4.78 is 0. The van der Waals surface area contributed by atoms with E-state index in [0.717, 1.165) is 22.9 Å². The van der Waals surface area contributed by atoms with Crippen molar-refractivity contribution in [1.29, 1.82) is 0 Å². The Hall–Kier alpha value is -0.890. The van der Waals surface area contributed by atoms with Crippen LogP contribution in [0, 0.1) is 0 Å². The summed E-state index contributed by atoms with van der Waals surface area (Å²) >= 11 is 6.22. The number of nitrogens with one attached hydrogen (secondary N) is 2. The van der Waals surface area contributed by atoms with Crippen molar-refractivity contribution in [3.8, 4) is 0 Å². The molecule has 0 bridgehead atoms. The number of para-hydroxylation sites is 1.